The maximum absolute atomic E-state index is 12.4. The maximum Gasteiger partial charge on any atom is 0.253 e. The smallest absolute Gasteiger partial charge is 0.253 e. The Morgan fingerprint density at radius 2 is 1.81 bits per heavy atom. The first-order valence-electron chi connectivity index (χ1n) is 9.04. The number of amides is 2. The van der Waals surface area contributed by atoms with Crippen molar-refractivity contribution in [3.63, 3.8) is 0 Å². The third-order valence-corrected chi connectivity index (χ3v) is 4.80. The number of carbonyl (C=O) groups is 2. The number of nitrogens with one attached hydrogen (secondary N) is 2. The Kier molecular flexibility index (Phi) is 8.87. The molecular formula is C21H26N2O3S. The fourth-order valence-electron chi connectivity index (χ4n) is 2.38. The molecule has 0 unspecified atom stereocenters. The highest BCUT2D eigenvalue weighted by molar-refractivity contribution is 8.00. The van der Waals surface area contributed by atoms with Gasteiger partial charge in [0.1, 0.15) is 0 Å². The molecule has 5 nitrogen and oxygen atoms in total. The van der Waals surface area contributed by atoms with E-state index in [0.29, 0.717) is 31.0 Å². The average Bonchev–Trinajstić information content (AvgIpc) is 2.67. The van der Waals surface area contributed by atoms with Gasteiger partial charge in [-0.25, -0.2) is 0 Å². The molecule has 0 radical (unpaired) electrons. The van der Waals surface area contributed by atoms with Gasteiger partial charge in [-0.2, -0.15) is 0 Å². The zero-order valence-electron chi connectivity index (χ0n) is 15.8. The minimum absolute atomic E-state index is 0.142. The molecule has 0 spiro atoms. The van der Waals surface area contributed by atoms with Crippen LogP contribution < -0.4 is 10.6 Å². The largest absolute Gasteiger partial charge is 0.382 e. The third kappa shape index (κ3) is 7.45. The molecule has 0 saturated heterocycles. The van der Waals surface area contributed by atoms with E-state index >= 15 is 0 Å². The second kappa shape index (κ2) is 11.4. The SMILES string of the molecule is CCOCCCNC(=O)c1ccccc1NC(=O)CSc1ccc(C)cc1. The monoisotopic (exact) mass is 386 g/mol. The molecule has 0 aliphatic carbocycles. The molecular weight excluding hydrogens is 360 g/mol. The average molecular weight is 387 g/mol. The van der Waals surface area contributed by atoms with Crippen molar-refractivity contribution in [2.45, 2.75) is 25.2 Å². The summed E-state index contributed by atoms with van der Waals surface area (Å²) in [5.74, 6) is -0.0568. The normalized spacial score (nSPS) is 10.4. The number of hydrogen-bond acceptors (Lipinski definition) is 4. The summed E-state index contributed by atoms with van der Waals surface area (Å²) in [5, 5.41) is 5.70. The number of ether oxygens (including phenoxy) is 1. The van der Waals surface area contributed by atoms with Gasteiger partial charge in [-0.3, -0.25) is 9.59 Å². The third-order valence-electron chi connectivity index (χ3n) is 3.79. The first kappa shape index (κ1) is 21.0. The van der Waals surface area contributed by atoms with Gasteiger partial charge < -0.3 is 15.4 Å². The van der Waals surface area contributed by atoms with Crippen molar-refractivity contribution in [2.24, 2.45) is 0 Å². The number of hydrogen-bond donors (Lipinski definition) is 2. The lowest BCUT2D eigenvalue weighted by Gasteiger charge is -2.11. The Morgan fingerprint density at radius 1 is 1.07 bits per heavy atom. The van der Waals surface area contributed by atoms with Gasteiger partial charge in [0.15, 0.2) is 0 Å². The predicted octanol–water partition coefficient (Wildman–Crippen LogP) is 3.88. The van der Waals surface area contributed by atoms with E-state index in [0.717, 1.165) is 11.3 Å². The van der Waals surface area contributed by atoms with Crippen LogP contribution in [0.2, 0.25) is 0 Å². The van der Waals surface area contributed by atoms with Crippen LogP contribution in [0, 0.1) is 6.92 Å². The van der Waals surface area contributed by atoms with E-state index in [1.54, 1.807) is 24.3 Å². The lowest BCUT2D eigenvalue weighted by molar-refractivity contribution is -0.113. The van der Waals surface area contributed by atoms with E-state index in [-0.39, 0.29) is 17.6 Å². The second-order valence-corrected chi connectivity index (χ2v) is 7.05. The molecule has 0 aliphatic heterocycles. The number of anilines is 1. The standard InChI is InChI=1S/C21H26N2O3S/c1-3-26-14-6-13-22-21(25)18-7-4-5-8-19(18)23-20(24)15-27-17-11-9-16(2)10-12-17/h4-5,7-12H,3,6,13-15H2,1-2H3,(H,22,25)(H,23,24). The fourth-order valence-corrected chi connectivity index (χ4v) is 3.07. The molecule has 6 heteroatoms. The summed E-state index contributed by atoms with van der Waals surface area (Å²) in [6, 6.07) is 15.1. The van der Waals surface area contributed by atoms with Crippen LogP contribution in [-0.2, 0) is 9.53 Å². The summed E-state index contributed by atoms with van der Waals surface area (Å²) >= 11 is 1.47. The second-order valence-electron chi connectivity index (χ2n) is 6.00. The van der Waals surface area contributed by atoms with Crippen molar-refractivity contribution in [3.05, 3.63) is 59.7 Å². The molecule has 0 heterocycles. The highest BCUT2D eigenvalue weighted by atomic mass is 32.2. The summed E-state index contributed by atoms with van der Waals surface area (Å²) < 4.78 is 5.26. The first-order chi connectivity index (χ1) is 13.1. The molecule has 0 atom stereocenters. The number of thioether (sulfide) groups is 1. The lowest BCUT2D eigenvalue weighted by atomic mass is 10.1. The number of rotatable bonds is 10. The molecule has 2 rings (SSSR count). The van der Waals surface area contributed by atoms with Crippen molar-refractivity contribution in [1.29, 1.82) is 0 Å². The fraction of sp³-hybridized carbons (Fsp3) is 0.333. The summed E-state index contributed by atoms with van der Waals surface area (Å²) in [4.78, 5) is 25.7. The van der Waals surface area contributed by atoms with Gasteiger partial charge >= 0.3 is 0 Å². The summed E-state index contributed by atoms with van der Waals surface area (Å²) in [6.45, 7) is 5.79. The minimum atomic E-state index is -0.200. The molecule has 2 amide bonds. The van der Waals surface area contributed by atoms with Crippen LogP contribution in [0.4, 0.5) is 5.69 Å². The number of carbonyl (C=O) groups excluding carboxylic acids is 2. The van der Waals surface area contributed by atoms with Gasteiger partial charge in [0.2, 0.25) is 5.91 Å². The molecule has 144 valence electrons. The van der Waals surface area contributed by atoms with Crippen LogP contribution in [0.5, 0.6) is 0 Å². The van der Waals surface area contributed by atoms with E-state index in [4.69, 9.17) is 4.74 Å². The molecule has 2 N–H and O–H groups in total. The van der Waals surface area contributed by atoms with Crippen molar-refractivity contribution >= 4 is 29.3 Å². The predicted molar refractivity (Wildman–Crippen MR) is 110 cm³/mol. The van der Waals surface area contributed by atoms with Crippen LogP contribution in [0.25, 0.3) is 0 Å². The lowest BCUT2D eigenvalue weighted by Crippen LogP contribution is -2.27. The van der Waals surface area contributed by atoms with Crippen LogP contribution in [0.1, 0.15) is 29.3 Å². The van der Waals surface area contributed by atoms with Gasteiger partial charge in [-0.15, -0.1) is 11.8 Å². The van der Waals surface area contributed by atoms with E-state index in [1.165, 1.54) is 17.3 Å². The van der Waals surface area contributed by atoms with Crippen LogP contribution >= 0.6 is 11.8 Å². The number of aryl methyl sites for hydroxylation is 1. The van der Waals surface area contributed by atoms with E-state index in [9.17, 15) is 9.59 Å². The maximum atomic E-state index is 12.4. The Morgan fingerprint density at radius 3 is 2.56 bits per heavy atom. The zero-order valence-corrected chi connectivity index (χ0v) is 16.6. The summed E-state index contributed by atoms with van der Waals surface area (Å²) in [6.07, 6.45) is 0.751. The Labute approximate surface area is 164 Å². The van der Waals surface area contributed by atoms with Crippen LogP contribution in [0.3, 0.4) is 0 Å². The van der Waals surface area contributed by atoms with Gasteiger partial charge in [-0.05, 0) is 44.5 Å². The highest BCUT2D eigenvalue weighted by Gasteiger charge is 2.13. The molecule has 2 aromatic rings. The quantitative estimate of drug-likeness (QED) is 0.480. The summed E-state index contributed by atoms with van der Waals surface area (Å²) in [5.41, 5.74) is 2.17. The molecule has 0 aliphatic rings. The highest BCUT2D eigenvalue weighted by Crippen LogP contribution is 2.20. The van der Waals surface area contributed by atoms with Gasteiger partial charge in [0, 0.05) is 24.7 Å². The van der Waals surface area contributed by atoms with E-state index in [2.05, 4.69) is 10.6 Å². The Hall–Kier alpha value is -2.31. The Balaban J connectivity index is 1.87. The van der Waals surface area contributed by atoms with Gasteiger partial charge in [0.25, 0.3) is 5.91 Å². The van der Waals surface area contributed by atoms with Gasteiger partial charge in [-0.1, -0.05) is 29.8 Å². The topological polar surface area (TPSA) is 67.4 Å². The van der Waals surface area contributed by atoms with E-state index in [1.807, 2.05) is 38.1 Å². The number of benzene rings is 2. The zero-order chi connectivity index (χ0) is 19.5. The summed E-state index contributed by atoms with van der Waals surface area (Å²) in [7, 11) is 0. The van der Waals surface area contributed by atoms with Crippen molar-refractivity contribution in [3.8, 4) is 0 Å². The van der Waals surface area contributed by atoms with Crippen LogP contribution in [0.15, 0.2) is 53.4 Å². The molecule has 27 heavy (non-hydrogen) atoms. The van der Waals surface area contributed by atoms with Crippen molar-refractivity contribution < 1.29 is 14.3 Å². The van der Waals surface area contributed by atoms with Crippen LogP contribution in [-0.4, -0.2) is 37.3 Å². The molecule has 0 saturated carbocycles. The van der Waals surface area contributed by atoms with E-state index < -0.39 is 0 Å². The van der Waals surface area contributed by atoms with Crippen molar-refractivity contribution in [1.82, 2.24) is 5.32 Å². The molecule has 2 aromatic carbocycles. The number of para-hydroxylation sites is 1. The molecule has 0 bridgehead atoms. The van der Waals surface area contributed by atoms with Crippen molar-refractivity contribution in [2.75, 3.05) is 30.8 Å². The first-order valence-corrected chi connectivity index (χ1v) is 10.0. The minimum Gasteiger partial charge on any atom is -0.382 e. The molecule has 0 aromatic heterocycles. The molecule has 0 fully saturated rings. The Bertz CT molecular complexity index is 747. The van der Waals surface area contributed by atoms with Gasteiger partial charge in [0.05, 0.1) is 17.0 Å².